The van der Waals surface area contributed by atoms with Crippen molar-refractivity contribution in [2.24, 2.45) is 0 Å². The Labute approximate surface area is 192 Å². The number of benzene rings is 2. The summed E-state index contributed by atoms with van der Waals surface area (Å²) in [5.74, 6) is 1.79. The average molecular weight is 447 g/mol. The average Bonchev–Trinajstić information content (AvgIpc) is 2.84. The largest absolute Gasteiger partial charge is 0.493 e. The van der Waals surface area contributed by atoms with E-state index in [0.29, 0.717) is 72.3 Å². The molecule has 1 aromatic heterocycles. The number of carbonyl (C=O) groups is 1. The smallest absolute Gasteiger partial charge is 0.220 e. The van der Waals surface area contributed by atoms with Crippen molar-refractivity contribution >= 4 is 28.2 Å². The third-order valence-electron chi connectivity index (χ3n) is 5.38. The van der Waals surface area contributed by atoms with Crippen LogP contribution in [-0.2, 0) is 4.79 Å². The van der Waals surface area contributed by atoms with Gasteiger partial charge >= 0.3 is 0 Å². The Bertz CT molecular complexity index is 1190. The molecule has 4 rings (SSSR count). The minimum Gasteiger partial charge on any atom is -0.493 e. The zero-order valence-electron chi connectivity index (χ0n) is 18.5. The first kappa shape index (κ1) is 22.2. The fourth-order valence-electron chi connectivity index (χ4n) is 3.66. The molecule has 0 aliphatic carbocycles. The first-order valence-corrected chi connectivity index (χ1v) is 11.0. The molecule has 0 saturated carbocycles. The Balaban J connectivity index is 1.77. The van der Waals surface area contributed by atoms with E-state index in [1.165, 1.54) is 0 Å². The summed E-state index contributed by atoms with van der Waals surface area (Å²) in [6.07, 6.45) is 4.13. The number of para-hydroxylation sites is 2. The Hall–Kier alpha value is -3.99. The minimum atomic E-state index is 0.0132. The molecule has 8 heteroatoms. The second-order valence-corrected chi connectivity index (χ2v) is 7.66. The number of pyridine rings is 1. The van der Waals surface area contributed by atoms with E-state index in [4.69, 9.17) is 14.2 Å². The van der Waals surface area contributed by atoms with Gasteiger partial charge in [0.15, 0.2) is 11.5 Å². The van der Waals surface area contributed by atoms with Crippen LogP contribution in [0.3, 0.4) is 0 Å². The number of methoxy groups -OCH3 is 1. The summed E-state index contributed by atoms with van der Waals surface area (Å²) in [6, 6.07) is 13.4. The third-order valence-corrected chi connectivity index (χ3v) is 5.38. The van der Waals surface area contributed by atoms with Crippen LogP contribution in [0.2, 0.25) is 0 Å². The van der Waals surface area contributed by atoms with E-state index in [9.17, 15) is 10.1 Å². The topological polar surface area (TPSA) is 106 Å². The number of hydrogen-bond donors (Lipinski definition) is 2. The molecule has 2 heterocycles. The van der Waals surface area contributed by atoms with Gasteiger partial charge in [0.05, 0.1) is 42.8 Å². The highest BCUT2D eigenvalue weighted by atomic mass is 16.5. The quantitative estimate of drug-likeness (QED) is 0.574. The number of aromatic nitrogens is 1. The summed E-state index contributed by atoms with van der Waals surface area (Å²) < 4.78 is 17.5. The monoisotopic (exact) mass is 446 g/mol. The highest BCUT2D eigenvalue weighted by Crippen LogP contribution is 2.38. The van der Waals surface area contributed by atoms with Crippen LogP contribution in [0.5, 0.6) is 17.2 Å². The van der Waals surface area contributed by atoms with Crippen molar-refractivity contribution in [2.75, 3.05) is 32.2 Å². The second kappa shape index (κ2) is 10.6. The van der Waals surface area contributed by atoms with Crippen molar-refractivity contribution in [3.05, 3.63) is 48.2 Å². The molecule has 1 amide bonds. The number of nitriles is 1. The molecular formula is C25H26N4O4. The molecule has 8 nitrogen and oxygen atoms in total. The normalized spacial score (nSPS) is 15.0. The summed E-state index contributed by atoms with van der Waals surface area (Å²) in [5.41, 5.74) is 2.41. The lowest BCUT2D eigenvalue weighted by Crippen LogP contribution is -2.24. The maximum atomic E-state index is 12.0. The van der Waals surface area contributed by atoms with Crippen molar-refractivity contribution in [3.8, 4) is 23.3 Å². The number of ether oxygens (including phenoxy) is 3. The number of rotatable bonds is 1. The van der Waals surface area contributed by atoms with Crippen molar-refractivity contribution in [1.82, 2.24) is 10.3 Å². The second-order valence-electron chi connectivity index (χ2n) is 7.66. The van der Waals surface area contributed by atoms with E-state index in [2.05, 4.69) is 21.7 Å². The van der Waals surface area contributed by atoms with Crippen LogP contribution < -0.4 is 24.8 Å². The molecule has 2 bridgehead atoms. The molecule has 2 N–H and O–H groups in total. The molecule has 33 heavy (non-hydrogen) atoms. The van der Waals surface area contributed by atoms with Crippen LogP contribution >= 0.6 is 0 Å². The van der Waals surface area contributed by atoms with Crippen LogP contribution in [0.25, 0.3) is 10.9 Å². The van der Waals surface area contributed by atoms with Crippen LogP contribution in [-0.4, -0.2) is 37.8 Å². The first-order valence-electron chi connectivity index (χ1n) is 11.0. The van der Waals surface area contributed by atoms with Gasteiger partial charge in [-0.05, 0) is 37.5 Å². The zero-order valence-corrected chi connectivity index (χ0v) is 18.5. The Morgan fingerprint density at radius 1 is 1.09 bits per heavy atom. The number of amides is 1. The number of nitrogens with zero attached hydrogens (tertiary/aromatic N) is 2. The molecule has 0 unspecified atom stereocenters. The van der Waals surface area contributed by atoms with Crippen molar-refractivity contribution in [2.45, 2.75) is 25.7 Å². The van der Waals surface area contributed by atoms with Crippen molar-refractivity contribution < 1.29 is 19.0 Å². The van der Waals surface area contributed by atoms with Gasteiger partial charge in [-0.1, -0.05) is 12.1 Å². The summed E-state index contributed by atoms with van der Waals surface area (Å²) in [6.45, 7) is 1.48. The molecule has 170 valence electrons. The highest BCUT2D eigenvalue weighted by molar-refractivity contribution is 5.98. The van der Waals surface area contributed by atoms with E-state index < -0.39 is 0 Å². The van der Waals surface area contributed by atoms with Gasteiger partial charge in [-0.15, -0.1) is 0 Å². The summed E-state index contributed by atoms with van der Waals surface area (Å²) >= 11 is 0. The maximum Gasteiger partial charge on any atom is 0.220 e. The Kier molecular flexibility index (Phi) is 7.10. The number of anilines is 2. The van der Waals surface area contributed by atoms with E-state index >= 15 is 0 Å². The van der Waals surface area contributed by atoms with Gasteiger partial charge in [-0.2, -0.15) is 5.26 Å². The summed E-state index contributed by atoms with van der Waals surface area (Å²) in [4.78, 5) is 16.5. The first-order chi connectivity index (χ1) is 16.2. The zero-order chi connectivity index (χ0) is 23.0. The lowest BCUT2D eigenvalue weighted by atomic mass is 10.1. The van der Waals surface area contributed by atoms with Gasteiger partial charge < -0.3 is 24.8 Å². The van der Waals surface area contributed by atoms with Crippen LogP contribution in [0.15, 0.2) is 42.6 Å². The molecule has 1 aliphatic heterocycles. The fraction of sp³-hybridized carbons (Fsp3) is 0.320. The van der Waals surface area contributed by atoms with E-state index in [-0.39, 0.29) is 5.91 Å². The molecule has 0 radical (unpaired) electrons. The van der Waals surface area contributed by atoms with E-state index in [0.717, 1.165) is 18.2 Å². The van der Waals surface area contributed by atoms with Gasteiger partial charge in [0.2, 0.25) is 5.91 Å². The lowest BCUT2D eigenvalue weighted by Gasteiger charge is -2.17. The molecule has 0 fully saturated rings. The minimum absolute atomic E-state index is 0.0132. The molecule has 0 atom stereocenters. The molecule has 0 saturated heterocycles. The van der Waals surface area contributed by atoms with Crippen LogP contribution in [0.4, 0.5) is 11.4 Å². The number of hydrogen-bond acceptors (Lipinski definition) is 7. The highest BCUT2D eigenvalue weighted by Gasteiger charge is 2.16. The van der Waals surface area contributed by atoms with Gasteiger partial charge in [0, 0.05) is 30.6 Å². The van der Waals surface area contributed by atoms with Crippen LogP contribution in [0.1, 0.15) is 31.2 Å². The lowest BCUT2D eigenvalue weighted by molar-refractivity contribution is -0.121. The van der Waals surface area contributed by atoms with Crippen LogP contribution in [0, 0.1) is 11.3 Å². The molecular weight excluding hydrogens is 420 g/mol. The molecule has 2 aromatic carbocycles. The molecule has 1 aliphatic rings. The molecule has 0 spiro atoms. The van der Waals surface area contributed by atoms with Crippen molar-refractivity contribution in [3.63, 3.8) is 0 Å². The molecule has 3 aromatic rings. The van der Waals surface area contributed by atoms with Crippen molar-refractivity contribution in [1.29, 1.82) is 5.26 Å². The van der Waals surface area contributed by atoms with Gasteiger partial charge in [0.25, 0.3) is 0 Å². The predicted molar refractivity (Wildman–Crippen MR) is 125 cm³/mol. The standard InChI is InChI=1S/C25H26N4O4/c1-31-22-14-20-18-13-23(22)33-11-5-4-10-27-24(30)9-6-12-32-21-8-3-2-7-19(21)29-25(18)17(15-26)16-28-20/h2-3,7-8,13-14,16,29H,4-6,9-12H2,1H3,(H,27,30). The Morgan fingerprint density at radius 2 is 1.91 bits per heavy atom. The van der Waals surface area contributed by atoms with Gasteiger partial charge in [0.1, 0.15) is 11.8 Å². The third kappa shape index (κ3) is 5.26. The van der Waals surface area contributed by atoms with E-state index in [1.807, 2.05) is 30.3 Å². The number of fused-ring (bicyclic) bond motifs is 2. The summed E-state index contributed by atoms with van der Waals surface area (Å²) in [7, 11) is 1.58. The van der Waals surface area contributed by atoms with E-state index in [1.54, 1.807) is 19.4 Å². The number of nitrogens with one attached hydrogen (secondary N) is 2. The Morgan fingerprint density at radius 3 is 2.76 bits per heavy atom. The van der Waals surface area contributed by atoms with Gasteiger partial charge in [-0.25, -0.2) is 0 Å². The summed E-state index contributed by atoms with van der Waals surface area (Å²) in [5, 5.41) is 16.8. The van der Waals surface area contributed by atoms with Gasteiger partial charge in [-0.3, -0.25) is 9.78 Å². The predicted octanol–water partition coefficient (Wildman–Crippen LogP) is 4.31. The SMILES string of the molecule is COc1cc2ncc(C#N)c3c2cc1OCCCCNC(=O)CCCOc1ccccc1N3. The number of carbonyl (C=O) groups excluding carboxylic acids is 1. The maximum absolute atomic E-state index is 12.0. The fourth-order valence-corrected chi connectivity index (χ4v) is 3.66.